The molecule has 1 spiro atoms. The summed E-state index contributed by atoms with van der Waals surface area (Å²) in [6.07, 6.45) is 1.86. The first-order valence-electron chi connectivity index (χ1n) is 8.74. The van der Waals surface area contributed by atoms with Crippen molar-refractivity contribution >= 4 is 28.6 Å². The minimum atomic E-state index is -0.207. The van der Waals surface area contributed by atoms with Gasteiger partial charge in [-0.05, 0) is 17.7 Å². The summed E-state index contributed by atoms with van der Waals surface area (Å²) in [5.74, 6) is 2.44. The fourth-order valence-corrected chi connectivity index (χ4v) is 5.38. The number of anilines is 1. The molecule has 1 aromatic heterocycles. The van der Waals surface area contributed by atoms with E-state index in [1.54, 1.807) is 0 Å². The summed E-state index contributed by atoms with van der Waals surface area (Å²) in [5.41, 5.74) is 3.49. The van der Waals surface area contributed by atoms with Crippen LogP contribution in [-0.2, 0) is 12.0 Å². The molecule has 0 aliphatic carbocycles. The van der Waals surface area contributed by atoms with E-state index in [0.717, 1.165) is 35.2 Å². The van der Waals surface area contributed by atoms with Crippen LogP contribution in [0.5, 0.6) is 17.2 Å². The number of fused-ring (bicyclic) bond motifs is 5. The Bertz CT molecular complexity index is 1070. The Kier molecular flexibility index (Phi) is 3.20. The minimum Gasteiger partial charge on any atom is -0.492 e. The zero-order chi connectivity index (χ0) is 18.0. The van der Waals surface area contributed by atoms with E-state index in [2.05, 4.69) is 40.2 Å². The Morgan fingerprint density at radius 3 is 2.78 bits per heavy atom. The highest BCUT2D eigenvalue weighted by molar-refractivity contribution is 7.15. The van der Waals surface area contributed by atoms with E-state index in [1.807, 2.05) is 12.3 Å². The van der Waals surface area contributed by atoms with E-state index in [1.165, 1.54) is 28.2 Å². The molecule has 4 heterocycles. The number of halogens is 1. The second-order valence-corrected chi connectivity index (χ2v) is 8.72. The van der Waals surface area contributed by atoms with Gasteiger partial charge in [-0.15, -0.1) is 11.3 Å². The Labute approximate surface area is 165 Å². The zero-order valence-corrected chi connectivity index (χ0v) is 15.8. The largest absolute Gasteiger partial charge is 0.492 e. The first-order chi connectivity index (χ1) is 13.2. The van der Waals surface area contributed by atoms with Crippen LogP contribution in [0.15, 0.2) is 42.6 Å². The Morgan fingerprint density at radius 2 is 1.93 bits per heavy atom. The van der Waals surface area contributed by atoms with Crippen LogP contribution in [0.3, 0.4) is 0 Å². The Morgan fingerprint density at radius 1 is 1.07 bits per heavy atom. The first-order valence-corrected chi connectivity index (χ1v) is 9.94. The van der Waals surface area contributed by atoms with E-state index in [-0.39, 0.29) is 12.2 Å². The van der Waals surface area contributed by atoms with Crippen LogP contribution < -0.4 is 19.1 Å². The van der Waals surface area contributed by atoms with Crippen LogP contribution >= 0.6 is 22.9 Å². The molecule has 1 unspecified atom stereocenters. The van der Waals surface area contributed by atoms with E-state index in [0.29, 0.717) is 11.1 Å². The first kappa shape index (κ1) is 15.6. The van der Waals surface area contributed by atoms with Crippen LogP contribution in [0.2, 0.25) is 4.47 Å². The number of benzene rings is 2. The van der Waals surface area contributed by atoms with Crippen molar-refractivity contribution in [2.75, 3.05) is 24.8 Å². The molecule has 0 fully saturated rings. The summed E-state index contributed by atoms with van der Waals surface area (Å²) in [4.78, 5) is 7.72. The topological polar surface area (TPSA) is 43.8 Å². The molecular weight excluding hydrogens is 384 g/mol. The molecule has 3 aromatic rings. The van der Waals surface area contributed by atoms with E-state index in [9.17, 15) is 0 Å². The second kappa shape index (κ2) is 5.53. The van der Waals surface area contributed by atoms with Gasteiger partial charge < -0.3 is 19.1 Å². The van der Waals surface area contributed by atoms with Crippen molar-refractivity contribution in [3.63, 3.8) is 0 Å². The summed E-state index contributed by atoms with van der Waals surface area (Å²) in [6.45, 7) is 2.50. The van der Waals surface area contributed by atoms with Crippen molar-refractivity contribution in [1.82, 2.24) is 4.98 Å². The van der Waals surface area contributed by atoms with Gasteiger partial charge in [0.05, 0.1) is 12.0 Å². The fraction of sp³-hybridized carbons (Fsp3) is 0.250. The molecule has 3 aliphatic heterocycles. The molecule has 136 valence electrons. The molecule has 3 aliphatic rings. The van der Waals surface area contributed by atoms with Gasteiger partial charge in [-0.2, -0.15) is 0 Å². The van der Waals surface area contributed by atoms with E-state index < -0.39 is 0 Å². The number of rotatable bonds is 2. The van der Waals surface area contributed by atoms with Gasteiger partial charge in [0.25, 0.3) is 0 Å². The minimum absolute atomic E-state index is 0.207. The van der Waals surface area contributed by atoms with Crippen molar-refractivity contribution in [1.29, 1.82) is 0 Å². The molecule has 0 bridgehead atoms. The summed E-state index contributed by atoms with van der Waals surface area (Å²) >= 11 is 7.56. The smallest absolute Gasteiger partial charge is 0.231 e. The molecule has 0 saturated carbocycles. The maximum Gasteiger partial charge on any atom is 0.231 e. The van der Waals surface area contributed by atoms with Crippen LogP contribution in [0.4, 0.5) is 5.69 Å². The second-order valence-electron chi connectivity index (χ2n) is 7.03. The van der Waals surface area contributed by atoms with Gasteiger partial charge in [0.15, 0.2) is 16.0 Å². The van der Waals surface area contributed by atoms with Crippen molar-refractivity contribution in [2.24, 2.45) is 0 Å². The lowest BCUT2D eigenvalue weighted by atomic mass is 9.77. The number of thiazole rings is 1. The number of hydrogen-bond acceptors (Lipinski definition) is 6. The summed E-state index contributed by atoms with van der Waals surface area (Å²) in [6, 6.07) is 12.6. The molecule has 6 rings (SSSR count). The molecule has 0 radical (unpaired) electrons. The fourth-order valence-electron chi connectivity index (χ4n) is 4.39. The molecule has 0 saturated heterocycles. The molecule has 5 nitrogen and oxygen atoms in total. The highest BCUT2D eigenvalue weighted by atomic mass is 35.5. The van der Waals surface area contributed by atoms with Crippen LogP contribution in [-0.4, -0.2) is 24.9 Å². The Hall–Kier alpha value is -2.44. The number of para-hydroxylation sites is 1. The van der Waals surface area contributed by atoms with Crippen molar-refractivity contribution in [3.05, 3.63) is 63.1 Å². The highest BCUT2D eigenvalue weighted by Gasteiger charge is 2.50. The molecule has 7 heteroatoms. The maximum absolute atomic E-state index is 6.13. The number of hydrogen-bond donors (Lipinski definition) is 0. The summed E-state index contributed by atoms with van der Waals surface area (Å²) < 4.78 is 17.8. The number of ether oxygens (including phenoxy) is 3. The highest BCUT2D eigenvalue weighted by Crippen LogP contribution is 2.54. The third-order valence-electron chi connectivity index (χ3n) is 5.56. The van der Waals surface area contributed by atoms with Gasteiger partial charge in [-0.3, -0.25) is 0 Å². The van der Waals surface area contributed by atoms with Gasteiger partial charge in [0.1, 0.15) is 12.4 Å². The van der Waals surface area contributed by atoms with Crippen molar-refractivity contribution in [3.8, 4) is 17.2 Å². The SMILES string of the molecule is Clc1ncc(CN2CC3(COc4cc5c(cc43)OCO5)c3ccccc32)s1. The van der Waals surface area contributed by atoms with Gasteiger partial charge >= 0.3 is 0 Å². The van der Waals surface area contributed by atoms with Crippen LogP contribution in [0.1, 0.15) is 16.0 Å². The number of aromatic nitrogens is 1. The molecular formula is C20H15ClN2O3S. The van der Waals surface area contributed by atoms with Gasteiger partial charge in [-0.25, -0.2) is 4.98 Å². The third kappa shape index (κ3) is 2.20. The number of nitrogens with zero attached hydrogens (tertiary/aromatic N) is 2. The predicted molar refractivity (Wildman–Crippen MR) is 103 cm³/mol. The maximum atomic E-state index is 6.13. The van der Waals surface area contributed by atoms with Crippen LogP contribution in [0.25, 0.3) is 0 Å². The van der Waals surface area contributed by atoms with Gasteiger partial charge in [0, 0.05) is 34.9 Å². The lowest BCUT2D eigenvalue weighted by Gasteiger charge is -2.25. The quantitative estimate of drug-likeness (QED) is 0.646. The third-order valence-corrected chi connectivity index (χ3v) is 6.66. The van der Waals surface area contributed by atoms with Gasteiger partial charge in [0.2, 0.25) is 6.79 Å². The molecule has 27 heavy (non-hydrogen) atoms. The van der Waals surface area contributed by atoms with Crippen molar-refractivity contribution < 1.29 is 14.2 Å². The summed E-state index contributed by atoms with van der Waals surface area (Å²) in [7, 11) is 0. The molecule has 2 aromatic carbocycles. The lowest BCUT2D eigenvalue weighted by molar-refractivity contribution is 0.173. The normalized spacial score (nSPS) is 21.4. The monoisotopic (exact) mass is 398 g/mol. The standard InChI is InChI=1S/C20H15ClN2O3S/c21-19-22-7-12(27-19)8-23-9-20(13-3-1-2-4-15(13)23)10-24-16-6-18-17(5-14(16)20)25-11-26-18/h1-7H,8-11H2. The van der Waals surface area contributed by atoms with Gasteiger partial charge in [-0.1, -0.05) is 29.8 Å². The predicted octanol–water partition coefficient (Wildman–Crippen LogP) is 4.22. The molecule has 1 atom stereocenters. The van der Waals surface area contributed by atoms with E-state index in [4.69, 9.17) is 25.8 Å². The summed E-state index contributed by atoms with van der Waals surface area (Å²) in [5, 5.41) is 0. The molecule has 0 N–H and O–H groups in total. The Balaban J connectivity index is 1.46. The lowest BCUT2D eigenvalue weighted by Crippen LogP contribution is -2.35. The average Bonchev–Trinajstić information content (AvgIpc) is 3.43. The van der Waals surface area contributed by atoms with E-state index >= 15 is 0 Å². The molecule has 0 amide bonds. The van der Waals surface area contributed by atoms with Crippen LogP contribution in [0, 0.1) is 0 Å². The zero-order valence-electron chi connectivity index (χ0n) is 14.3. The van der Waals surface area contributed by atoms with Crippen molar-refractivity contribution in [2.45, 2.75) is 12.0 Å². The average molecular weight is 399 g/mol.